The van der Waals surface area contributed by atoms with Crippen LogP contribution in [0.5, 0.6) is 0 Å². The van der Waals surface area contributed by atoms with E-state index in [-0.39, 0.29) is 12.0 Å². The van der Waals surface area contributed by atoms with Crippen molar-refractivity contribution in [3.05, 3.63) is 46.6 Å². The highest BCUT2D eigenvalue weighted by Gasteiger charge is 2.29. The van der Waals surface area contributed by atoms with Crippen LogP contribution in [0, 0.1) is 13.8 Å². The number of benzene rings is 1. The lowest BCUT2D eigenvalue weighted by atomic mass is 10.0. The van der Waals surface area contributed by atoms with Gasteiger partial charge >= 0.3 is 0 Å². The second-order valence-corrected chi connectivity index (χ2v) is 7.50. The number of likely N-dealkylation sites (tertiary alicyclic amines) is 1. The molecule has 4 rings (SSSR count). The highest BCUT2D eigenvalue weighted by atomic mass is 16.5. The lowest BCUT2D eigenvalue weighted by Gasteiger charge is -2.32. The van der Waals surface area contributed by atoms with Crippen LogP contribution >= 0.6 is 0 Å². The molecule has 2 heterocycles. The molecule has 1 saturated heterocycles. The fourth-order valence-electron chi connectivity index (χ4n) is 3.53. The third kappa shape index (κ3) is 3.96. The van der Waals surface area contributed by atoms with E-state index in [2.05, 4.69) is 16.2 Å². The minimum absolute atomic E-state index is 0.112. The van der Waals surface area contributed by atoms with E-state index in [0.29, 0.717) is 31.5 Å². The predicted molar refractivity (Wildman–Crippen MR) is 95.9 cm³/mol. The Morgan fingerprint density at radius 1 is 1.15 bits per heavy atom. The Bertz CT molecular complexity index is 769. The van der Waals surface area contributed by atoms with E-state index < -0.39 is 0 Å². The summed E-state index contributed by atoms with van der Waals surface area (Å²) in [6, 6.07) is 6.01. The molecule has 0 spiro atoms. The number of piperidine rings is 1. The van der Waals surface area contributed by atoms with E-state index in [9.17, 15) is 4.79 Å². The van der Waals surface area contributed by atoms with E-state index in [0.717, 1.165) is 48.2 Å². The zero-order valence-corrected chi connectivity index (χ0v) is 15.4. The molecule has 6 nitrogen and oxygen atoms in total. The molecule has 1 aromatic heterocycles. The number of rotatable bonds is 5. The van der Waals surface area contributed by atoms with E-state index in [1.165, 1.54) is 0 Å². The fourth-order valence-corrected chi connectivity index (χ4v) is 3.53. The van der Waals surface area contributed by atoms with Gasteiger partial charge in [-0.15, -0.1) is 0 Å². The zero-order valence-electron chi connectivity index (χ0n) is 15.4. The summed E-state index contributed by atoms with van der Waals surface area (Å²) >= 11 is 0. The van der Waals surface area contributed by atoms with Crippen molar-refractivity contribution in [1.82, 2.24) is 15.0 Å². The van der Waals surface area contributed by atoms with Crippen molar-refractivity contribution in [2.75, 3.05) is 13.1 Å². The standard InChI is InChI=1S/C20H25N3O3/c1-13-9-14(2)11-16(10-13)20(24)23-7-5-17(6-8-23)25-12-18-21-19(22-26-18)15-3-4-15/h9-11,15,17H,3-8,12H2,1-2H3. The molecule has 2 aromatic rings. The van der Waals surface area contributed by atoms with Crippen LogP contribution in [0.15, 0.2) is 22.7 Å². The summed E-state index contributed by atoms with van der Waals surface area (Å²) in [5.74, 6) is 1.98. The Kier molecular flexibility index (Phi) is 4.76. The summed E-state index contributed by atoms with van der Waals surface area (Å²) in [6.45, 7) is 5.84. The second-order valence-electron chi connectivity index (χ2n) is 7.50. The summed E-state index contributed by atoms with van der Waals surface area (Å²) in [7, 11) is 0. The van der Waals surface area contributed by atoms with Crippen LogP contribution in [0.25, 0.3) is 0 Å². The molecule has 1 saturated carbocycles. The normalized spacial score (nSPS) is 18.3. The first-order valence-corrected chi connectivity index (χ1v) is 9.40. The Balaban J connectivity index is 1.27. The van der Waals surface area contributed by atoms with Gasteiger partial charge < -0.3 is 14.2 Å². The highest BCUT2D eigenvalue weighted by Crippen LogP contribution is 2.38. The van der Waals surface area contributed by atoms with Gasteiger partial charge in [0.1, 0.15) is 6.61 Å². The van der Waals surface area contributed by atoms with Crippen LogP contribution in [-0.4, -0.2) is 40.1 Å². The summed E-state index contributed by atoms with van der Waals surface area (Å²) in [5.41, 5.74) is 3.02. The average molecular weight is 355 g/mol. The van der Waals surface area contributed by atoms with Crippen LogP contribution in [0.4, 0.5) is 0 Å². The highest BCUT2D eigenvalue weighted by molar-refractivity contribution is 5.94. The maximum atomic E-state index is 12.7. The maximum Gasteiger partial charge on any atom is 0.253 e. The van der Waals surface area contributed by atoms with E-state index >= 15 is 0 Å². The molecular formula is C20H25N3O3. The van der Waals surface area contributed by atoms with Crippen molar-refractivity contribution < 1.29 is 14.1 Å². The number of hydrogen-bond acceptors (Lipinski definition) is 5. The molecule has 1 aromatic carbocycles. The van der Waals surface area contributed by atoms with Gasteiger partial charge in [-0.1, -0.05) is 22.3 Å². The Labute approximate surface area is 153 Å². The summed E-state index contributed by atoms with van der Waals surface area (Å²) in [4.78, 5) is 19.0. The molecule has 6 heteroatoms. The molecule has 1 amide bonds. The van der Waals surface area contributed by atoms with Crippen LogP contribution in [0.1, 0.15) is 64.8 Å². The molecule has 0 unspecified atom stereocenters. The fraction of sp³-hybridized carbons (Fsp3) is 0.550. The molecule has 1 aliphatic carbocycles. The van der Waals surface area contributed by atoms with Gasteiger partial charge in [-0.05, 0) is 51.7 Å². The number of ether oxygens (including phenoxy) is 1. The molecule has 138 valence electrons. The van der Waals surface area contributed by atoms with Crippen LogP contribution in [0.2, 0.25) is 0 Å². The first-order valence-electron chi connectivity index (χ1n) is 9.40. The molecule has 2 aliphatic rings. The van der Waals surface area contributed by atoms with Gasteiger partial charge in [0.05, 0.1) is 6.10 Å². The largest absolute Gasteiger partial charge is 0.368 e. The van der Waals surface area contributed by atoms with E-state index in [4.69, 9.17) is 9.26 Å². The van der Waals surface area contributed by atoms with Crippen molar-refractivity contribution >= 4 is 5.91 Å². The number of carbonyl (C=O) groups is 1. The Hall–Kier alpha value is -2.21. The number of carbonyl (C=O) groups excluding carboxylic acids is 1. The number of aromatic nitrogens is 2. The van der Waals surface area contributed by atoms with Crippen molar-refractivity contribution in [1.29, 1.82) is 0 Å². The lowest BCUT2D eigenvalue weighted by Crippen LogP contribution is -2.40. The summed E-state index contributed by atoms with van der Waals surface area (Å²) in [5, 5.41) is 4.01. The van der Waals surface area contributed by atoms with Crippen molar-refractivity contribution in [3.8, 4) is 0 Å². The zero-order chi connectivity index (χ0) is 18.1. The molecule has 2 fully saturated rings. The quantitative estimate of drug-likeness (QED) is 0.822. The van der Waals surface area contributed by atoms with Gasteiger partial charge in [-0.3, -0.25) is 4.79 Å². The number of aryl methyl sites for hydroxylation is 2. The minimum atomic E-state index is 0.112. The molecule has 0 bridgehead atoms. The topological polar surface area (TPSA) is 68.5 Å². The van der Waals surface area contributed by atoms with E-state index in [1.807, 2.05) is 30.9 Å². The van der Waals surface area contributed by atoms with Crippen molar-refractivity contribution in [3.63, 3.8) is 0 Å². The monoisotopic (exact) mass is 355 g/mol. The van der Waals surface area contributed by atoms with Gasteiger partial charge in [0.15, 0.2) is 5.82 Å². The SMILES string of the molecule is Cc1cc(C)cc(C(=O)N2CCC(OCc3nc(C4CC4)no3)CC2)c1. The lowest BCUT2D eigenvalue weighted by molar-refractivity contribution is -0.00978. The number of nitrogens with zero attached hydrogens (tertiary/aromatic N) is 3. The predicted octanol–water partition coefficient (Wildman–Crippen LogP) is 3.39. The molecular weight excluding hydrogens is 330 g/mol. The van der Waals surface area contributed by atoms with Gasteiger partial charge in [0.2, 0.25) is 0 Å². The second kappa shape index (κ2) is 7.19. The average Bonchev–Trinajstić information content (AvgIpc) is 3.37. The van der Waals surface area contributed by atoms with Gasteiger partial charge in [-0.25, -0.2) is 0 Å². The first kappa shape index (κ1) is 17.2. The van der Waals surface area contributed by atoms with Gasteiger partial charge in [-0.2, -0.15) is 4.98 Å². The first-order chi connectivity index (χ1) is 12.6. The van der Waals surface area contributed by atoms with Crippen molar-refractivity contribution in [2.24, 2.45) is 0 Å². The summed E-state index contributed by atoms with van der Waals surface area (Å²) in [6.07, 6.45) is 4.12. The van der Waals surface area contributed by atoms with Gasteiger partial charge in [0.25, 0.3) is 11.8 Å². The molecule has 0 atom stereocenters. The van der Waals surface area contributed by atoms with Crippen LogP contribution in [0.3, 0.4) is 0 Å². The third-order valence-electron chi connectivity index (χ3n) is 5.07. The van der Waals surface area contributed by atoms with Crippen molar-refractivity contribution in [2.45, 2.75) is 58.2 Å². The van der Waals surface area contributed by atoms with Gasteiger partial charge in [0, 0.05) is 24.6 Å². The maximum absolute atomic E-state index is 12.7. The molecule has 0 N–H and O–H groups in total. The number of hydrogen-bond donors (Lipinski definition) is 0. The third-order valence-corrected chi connectivity index (χ3v) is 5.07. The smallest absolute Gasteiger partial charge is 0.253 e. The van der Waals surface area contributed by atoms with Crippen LogP contribution in [-0.2, 0) is 11.3 Å². The molecule has 0 radical (unpaired) electrons. The Morgan fingerprint density at radius 2 is 1.85 bits per heavy atom. The Morgan fingerprint density at radius 3 is 2.50 bits per heavy atom. The van der Waals surface area contributed by atoms with E-state index in [1.54, 1.807) is 0 Å². The molecule has 26 heavy (non-hydrogen) atoms. The summed E-state index contributed by atoms with van der Waals surface area (Å²) < 4.78 is 11.2. The molecule has 1 aliphatic heterocycles. The number of amides is 1. The van der Waals surface area contributed by atoms with Crippen LogP contribution < -0.4 is 0 Å². The minimum Gasteiger partial charge on any atom is -0.368 e.